The van der Waals surface area contributed by atoms with E-state index in [0.717, 1.165) is 108 Å². The van der Waals surface area contributed by atoms with E-state index in [1.807, 2.05) is 0 Å². The molecule has 0 aliphatic rings. The molecule has 19 heteroatoms. The van der Waals surface area contributed by atoms with Crippen molar-refractivity contribution in [3.8, 4) is 0 Å². The summed E-state index contributed by atoms with van der Waals surface area (Å²) < 4.78 is 68.4. The number of rotatable bonds is 73. The molecule has 0 aliphatic heterocycles. The normalized spacial score (nSPS) is 14.1. The molecule has 0 saturated heterocycles. The summed E-state index contributed by atoms with van der Waals surface area (Å²) in [6, 6.07) is 0. The summed E-state index contributed by atoms with van der Waals surface area (Å²) >= 11 is 0. The van der Waals surface area contributed by atoms with Crippen LogP contribution in [-0.2, 0) is 65.4 Å². The number of hydrogen-bond donors (Lipinski definition) is 3. The minimum atomic E-state index is -4.96. The Bertz CT molecular complexity index is 1800. The number of hydrogen-bond acceptors (Lipinski definition) is 15. The molecule has 93 heavy (non-hydrogen) atoms. The van der Waals surface area contributed by atoms with Gasteiger partial charge in [-0.1, -0.05) is 330 Å². The van der Waals surface area contributed by atoms with E-state index in [9.17, 15) is 43.2 Å². The number of aliphatic hydroxyl groups is 1. The van der Waals surface area contributed by atoms with Crippen LogP contribution in [0.3, 0.4) is 0 Å². The third-order valence-electron chi connectivity index (χ3n) is 17.2. The molecule has 0 fully saturated rings. The molecule has 0 aromatic carbocycles. The van der Waals surface area contributed by atoms with Crippen LogP contribution in [0.5, 0.6) is 0 Å². The smallest absolute Gasteiger partial charge is 0.462 e. The summed E-state index contributed by atoms with van der Waals surface area (Å²) in [6.07, 6.45) is 52.9. The van der Waals surface area contributed by atoms with Gasteiger partial charge in [0.1, 0.15) is 19.3 Å². The van der Waals surface area contributed by atoms with Gasteiger partial charge in [-0.3, -0.25) is 37.3 Å². The molecule has 0 amide bonds. The molecule has 0 saturated carbocycles. The Hall–Kier alpha value is -1.94. The second kappa shape index (κ2) is 66.0. The molecular weight excluding hydrogens is 1220 g/mol. The van der Waals surface area contributed by atoms with Crippen molar-refractivity contribution < 1.29 is 80.2 Å². The van der Waals surface area contributed by atoms with E-state index in [0.29, 0.717) is 25.7 Å². The molecule has 0 aromatic heterocycles. The van der Waals surface area contributed by atoms with E-state index in [4.69, 9.17) is 37.0 Å². The Morgan fingerprint density at radius 2 is 0.495 bits per heavy atom. The SMILES string of the molecule is CCCCCCCCCCCCCCCCCCCCCC(=O)O[C@H](COC(=O)CCCCCCCCCCCCCCC(C)C)COP(=O)(O)OC[C@@H](O)COP(=O)(O)OC[C@@H](COC(=O)CCCCCCCCCC)OC(=O)CCCCCCCCCCC(C)C. The fraction of sp³-hybridized carbons (Fsp3) is 0.946. The first-order valence-corrected chi connectivity index (χ1v) is 41.5. The summed E-state index contributed by atoms with van der Waals surface area (Å²) in [7, 11) is -9.90. The first-order chi connectivity index (χ1) is 44.9. The molecule has 552 valence electrons. The second-order valence-corrected chi connectivity index (χ2v) is 30.5. The Labute approximate surface area is 568 Å². The lowest BCUT2D eigenvalue weighted by Crippen LogP contribution is -2.30. The van der Waals surface area contributed by atoms with Crippen molar-refractivity contribution in [2.24, 2.45) is 11.8 Å². The number of carbonyl (C=O) groups excluding carboxylic acids is 4. The van der Waals surface area contributed by atoms with Crippen LogP contribution in [0.2, 0.25) is 0 Å². The first kappa shape index (κ1) is 91.1. The predicted octanol–water partition coefficient (Wildman–Crippen LogP) is 21.6. The lowest BCUT2D eigenvalue weighted by molar-refractivity contribution is -0.161. The van der Waals surface area contributed by atoms with Crippen molar-refractivity contribution in [3.63, 3.8) is 0 Å². The number of phosphoric ester groups is 2. The van der Waals surface area contributed by atoms with Gasteiger partial charge in [0.25, 0.3) is 0 Å². The summed E-state index contributed by atoms with van der Waals surface area (Å²) in [4.78, 5) is 72.6. The van der Waals surface area contributed by atoms with Gasteiger partial charge in [0.15, 0.2) is 12.2 Å². The summed E-state index contributed by atoms with van der Waals surface area (Å²) in [5, 5.41) is 10.6. The summed E-state index contributed by atoms with van der Waals surface area (Å²) in [5.41, 5.74) is 0. The van der Waals surface area contributed by atoms with Gasteiger partial charge in [0.05, 0.1) is 26.4 Å². The van der Waals surface area contributed by atoms with Gasteiger partial charge in [-0.25, -0.2) is 9.13 Å². The number of aliphatic hydroxyl groups excluding tert-OH is 1. The highest BCUT2D eigenvalue weighted by Crippen LogP contribution is 2.45. The fourth-order valence-electron chi connectivity index (χ4n) is 11.3. The molecule has 0 aromatic rings. The van der Waals surface area contributed by atoms with E-state index < -0.39 is 97.5 Å². The van der Waals surface area contributed by atoms with Crippen LogP contribution in [0.4, 0.5) is 0 Å². The molecule has 17 nitrogen and oxygen atoms in total. The Kier molecular flexibility index (Phi) is 64.6. The number of unbranched alkanes of at least 4 members (excludes halogenated alkanes) is 43. The number of carbonyl (C=O) groups is 4. The molecule has 0 aliphatic carbocycles. The lowest BCUT2D eigenvalue weighted by atomic mass is 10.0. The van der Waals surface area contributed by atoms with Gasteiger partial charge in [-0.15, -0.1) is 0 Å². The lowest BCUT2D eigenvalue weighted by Gasteiger charge is -2.21. The zero-order chi connectivity index (χ0) is 68.6. The highest BCUT2D eigenvalue weighted by atomic mass is 31.2. The summed E-state index contributed by atoms with van der Waals surface area (Å²) in [5.74, 6) is -0.622. The quantitative estimate of drug-likeness (QED) is 0.0222. The van der Waals surface area contributed by atoms with Crippen molar-refractivity contribution in [2.45, 2.75) is 400 Å². The third kappa shape index (κ3) is 68.4. The molecule has 0 heterocycles. The van der Waals surface area contributed by atoms with Gasteiger partial charge in [-0.2, -0.15) is 0 Å². The number of esters is 4. The van der Waals surface area contributed by atoms with Crippen LogP contribution in [0.1, 0.15) is 382 Å². The zero-order valence-corrected chi connectivity index (χ0v) is 62.3. The van der Waals surface area contributed by atoms with Crippen molar-refractivity contribution >= 4 is 39.5 Å². The summed E-state index contributed by atoms with van der Waals surface area (Å²) in [6.45, 7) is 9.52. The maximum absolute atomic E-state index is 13.1. The predicted molar refractivity (Wildman–Crippen MR) is 377 cm³/mol. The fourth-order valence-corrected chi connectivity index (χ4v) is 12.9. The molecule has 0 radical (unpaired) electrons. The van der Waals surface area contributed by atoms with E-state index in [-0.39, 0.29) is 25.7 Å². The molecule has 0 rings (SSSR count). The van der Waals surface area contributed by atoms with E-state index in [1.165, 1.54) is 193 Å². The highest BCUT2D eigenvalue weighted by molar-refractivity contribution is 7.47. The van der Waals surface area contributed by atoms with E-state index in [2.05, 4.69) is 41.5 Å². The third-order valence-corrected chi connectivity index (χ3v) is 19.1. The van der Waals surface area contributed by atoms with Crippen molar-refractivity contribution in [1.82, 2.24) is 0 Å². The largest absolute Gasteiger partial charge is 0.472 e. The molecule has 3 N–H and O–H groups in total. The van der Waals surface area contributed by atoms with Gasteiger partial charge < -0.3 is 33.8 Å². The van der Waals surface area contributed by atoms with Crippen molar-refractivity contribution in [2.75, 3.05) is 39.6 Å². The highest BCUT2D eigenvalue weighted by Gasteiger charge is 2.30. The average molecular weight is 1370 g/mol. The number of ether oxygens (including phenoxy) is 4. The van der Waals surface area contributed by atoms with Crippen molar-refractivity contribution in [3.05, 3.63) is 0 Å². The van der Waals surface area contributed by atoms with Crippen LogP contribution in [0.25, 0.3) is 0 Å². The average Bonchev–Trinajstić information content (AvgIpc) is 2.76. The molecule has 5 atom stereocenters. The van der Waals surface area contributed by atoms with E-state index in [1.54, 1.807) is 0 Å². The van der Waals surface area contributed by atoms with Gasteiger partial charge in [0, 0.05) is 25.7 Å². The van der Waals surface area contributed by atoms with E-state index >= 15 is 0 Å². The monoisotopic (exact) mass is 1370 g/mol. The van der Waals surface area contributed by atoms with Gasteiger partial charge >= 0.3 is 39.5 Å². The zero-order valence-electron chi connectivity index (χ0n) is 60.6. The Balaban J connectivity index is 5.20. The van der Waals surface area contributed by atoms with Crippen LogP contribution >= 0.6 is 15.6 Å². The van der Waals surface area contributed by atoms with Crippen LogP contribution < -0.4 is 0 Å². The second-order valence-electron chi connectivity index (χ2n) is 27.6. The topological polar surface area (TPSA) is 237 Å². The van der Waals surface area contributed by atoms with Crippen molar-refractivity contribution in [1.29, 1.82) is 0 Å². The Morgan fingerprint density at radius 1 is 0.290 bits per heavy atom. The van der Waals surface area contributed by atoms with Gasteiger partial charge in [0.2, 0.25) is 0 Å². The maximum atomic E-state index is 13.1. The van der Waals surface area contributed by atoms with Gasteiger partial charge in [-0.05, 0) is 37.5 Å². The van der Waals surface area contributed by atoms with Crippen LogP contribution in [0.15, 0.2) is 0 Å². The van der Waals surface area contributed by atoms with Crippen LogP contribution in [-0.4, -0.2) is 96.7 Å². The number of phosphoric acid groups is 2. The molecule has 0 spiro atoms. The molecular formula is C74H144O17P2. The molecule has 0 bridgehead atoms. The molecule has 2 unspecified atom stereocenters. The minimum absolute atomic E-state index is 0.104. The van der Waals surface area contributed by atoms with Crippen LogP contribution in [0, 0.1) is 11.8 Å². The first-order valence-electron chi connectivity index (χ1n) is 38.5. The standard InChI is InChI=1S/C74H144O17P2/c1-7-9-11-13-15-17-18-19-20-21-22-23-24-25-30-33-40-46-52-58-73(78)90-70(63-85-72(77)57-51-45-39-32-29-27-26-28-31-36-42-48-54-66(3)4)65-89-93(82,83)87-61-68(75)60-86-92(80,81)88-64-69(62-84-71(76)56-50-44-38-16-14-12-10-8-2)91-74(79)59-53-47-41-35-34-37-43-49-55-67(5)6/h66-70,75H,7-65H2,1-6H3,(H,80,81)(H,82,83)/t68-,69+,70+/m0/s1. The maximum Gasteiger partial charge on any atom is 0.472 e. The minimum Gasteiger partial charge on any atom is -0.462 e. The Morgan fingerprint density at radius 3 is 0.731 bits per heavy atom.